The van der Waals surface area contributed by atoms with Crippen LogP contribution in [0.2, 0.25) is 0 Å². The van der Waals surface area contributed by atoms with Gasteiger partial charge in [-0.05, 0) is 13.3 Å². The highest BCUT2D eigenvalue weighted by atomic mass is 32.2. The van der Waals surface area contributed by atoms with Crippen LogP contribution in [0.3, 0.4) is 0 Å². The van der Waals surface area contributed by atoms with E-state index >= 15 is 0 Å². The molecule has 5 heteroatoms. The van der Waals surface area contributed by atoms with Gasteiger partial charge in [0, 0.05) is 5.75 Å². The Morgan fingerprint density at radius 3 is 2.44 bits per heavy atom. The Morgan fingerprint density at radius 1 is 1.56 bits per heavy atom. The van der Waals surface area contributed by atoms with E-state index in [9.17, 15) is 8.42 Å². The average molecular weight is 169 g/mol. The van der Waals surface area contributed by atoms with Crippen LogP contribution in [0.1, 0.15) is 0 Å². The van der Waals surface area contributed by atoms with Crippen molar-refractivity contribution >= 4 is 21.8 Å². The predicted molar refractivity (Wildman–Crippen MR) is 41.2 cm³/mol. The molecule has 0 aromatic heterocycles. The summed E-state index contributed by atoms with van der Waals surface area (Å²) >= 11 is 1.52. The van der Waals surface area contributed by atoms with Crippen molar-refractivity contribution in [3.05, 3.63) is 0 Å². The monoisotopic (exact) mass is 169 g/mol. The number of nitrogens with one attached hydrogen (secondary N) is 1. The van der Waals surface area contributed by atoms with Crippen molar-refractivity contribution in [3.63, 3.8) is 0 Å². The fourth-order valence-corrected chi connectivity index (χ4v) is 2.04. The van der Waals surface area contributed by atoms with Gasteiger partial charge in [0.25, 0.3) is 0 Å². The first-order valence-electron chi connectivity index (χ1n) is 2.52. The van der Waals surface area contributed by atoms with Gasteiger partial charge in [-0.2, -0.15) is 11.8 Å². The molecule has 1 N–H and O–H groups in total. The molecule has 0 aliphatic heterocycles. The summed E-state index contributed by atoms with van der Waals surface area (Å²) in [6, 6.07) is 0. The molecule has 56 valence electrons. The van der Waals surface area contributed by atoms with Crippen LogP contribution >= 0.6 is 11.8 Å². The van der Waals surface area contributed by atoms with Crippen LogP contribution in [-0.2, 0) is 10.0 Å². The molecule has 0 amide bonds. The van der Waals surface area contributed by atoms with E-state index in [2.05, 4.69) is 4.72 Å². The molecule has 0 aromatic rings. The first-order chi connectivity index (χ1) is 4.12. The molecular formula is C4H11NO2S2. The molecule has 0 bridgehead atoms. The Kier molecular flexibility index (Phi) is 4.26. The molecule has 0 spiro atoms. The lowest BCUT2D eigenvalue weighted by atomic mass is 11.0. The lowest BCUT2D eigenvalue weighted by molar-refractivity contribution is 0.590. The fourth-order valence-electron chi connectivity index (χ4n) is 0.295. The first kappa shape index (κ1) is 9.26. The summed E-state index contributed by atoms with van der Waals surface area (Å²) in [5.74, 6) is 0.869. The second kappa shape index (κ2) is 4.14. The highest BCUT2D eigenvalue weighted by molar-refractivity contribution is 7.99. The van der Waals surface area contributed by atoms with E-state index in [1.54, 1.807) is 0 Å². The molecule has 0 aromatic carbocycles. The van der Waals surface area contributed by atoms with Gasteiger partial charge in [-0.15, -0.1) is 0 Å². The zero-order chi connectivity index (χ0) is 7.33. The Labute approximate surface area is 60.3 Å². The SMILES string of the molecule is CNS(=O)(=O)CCSC. The van der Waals surface area contributed by atoms with Gasteiger partial charge in [0.15, 0.2) is 0 Å². The highest BCUT2D eigenvalue weighted by Gasteiger charge is 2.03. The minimum atomic E-state index is -2.95. The van der Waals surface area contributed by atoms with Gasteiger partial charge in [0.05, 0.1) is 5.75 Å². The summed E-state index contributed by atoms with van der Waals surface area (Å²) in [5, 5.41) is 0. The maximum atomic E-state index is 10.6. The zero-order valence-corrected chi connectivity index (χ0v) is 7.18. The van der Waals surface area contributed by atoms with Crippen molar-refractivity contribution in [2.24, 2.45) is 0 Å². The topological polar surface area (TPSA) is 46.2 Å². The molecule has 0 aliphatic rings. The van der Waals surface area contributed by atoms with Crippen LogP contribution in [0.5, 0.6) is 0 Å². The predicted octanol–water partition coefficient (Wildman–Crippen LogP) is -0.101. The molecule has 0 unspecified atom stereocenters. The summed E-state index contributed by atoms with van der Waals surface area (Å²) in [4.78, 5) is 0. The molecule has 9 heavy (non-hydrogen) atoms. The van der Waals surface area contributed by atoms with E-state index in [1.807, 2.05) is 6.26 Å². The number of sulfonamides is 1. The van der Waals surface area contributed by atoms with Gasteiger partial charge in [-0.25, -0.2) is 13.1 Å². The van der Waals surface area contributed by atoms with Gasteiger partial charge in [-0.3, -0.25) is 0 Å². The Morgan fingerprint density at radius 2 is 2.11 bits per heavy atom. The molecule has 0 rings (SSSR count). The summed E-state index contributed by atoms with van der Waals surface area (Å²) in [5.41, 5.74) is 0. The quantitative estimate of drug-likeness (QED) is 0.639. The molecular weight excluding hydrogens is 158 g/mol. The molecule has 0 heterocycles. The molecule has 0 fully saturated rings. The van der Waals surface area contributed by atoms with Crippen molar-refractivity contribution in [2.75, 3.05) is 24.8 Å². The maximum Gasteiger partial charge on any atom is 0.212 e. The van der Waals surface area contributed by atoms with Gasteiger partial charge >= 0.3 is 0 Å². The minimum absolute atomic E-state index is 0.213. The lowest BCUT2D eigenvalue weighted by Gasteiger charge is -1.97. The van der Waals surface area contributed by atoms with E-state index in [0.29, 0.717) is 5.75 Å². The summed E-state index contributed by atoms with van der Waals surface area (Å²) < 4.78 is 23.5. The van der Waals surface area contributed by atoms with Crippen molar-refractivity contribution < 1.29 is 8.42 Å². The van der Waals surface area contributed by atoms with Gasteiger partial charge in [0.1, 0.15) is 0 Å². The molecule has 0 atom stereocenters. The van der Waals surface area contributed by atoms with Crippen molar-refractivity contribution in [1.29, 1.82) is 0 Å². The van der Waals surface area contributed by atoms with Crippen LogP contribution in [0.4, 0.5) is 0 Å². The number of rotatable bonds is 4. The lowest BCUT2D eigenvalue weighted by Crippen LogP contribution is -2.22. The van der Waals surface area contributed by atoms with Gasteiger partial charge in [0.2, 0.25) is 10.0 Å². The normalized spacial score (nSPS) is 11.8. The smallest absolute Gasteiger partial charge is 0.212 e. The molecule has 0 aliphatic carbocycles. The maximum absolute atomic E-state index is 10.6. The van der Waals surface area contributed by atoms with E-state index in [4.69, 9.17) is 0 Å². The van der Waals surface area contributed by atoms with Crippen LogP contribution in [0.15, 0.2) is 0 Å². The van der Waals surface area contributed by atoms with Crippen molar-refractivity contribution in [2.45, 2.75) is 0 Å². The minimum Gasteiger partial charge on any atom is -0.218 e. The number of hydrogen-bond acceptors (Lipinski definition) is 3. The standard InChI is InChI=1S/C4H11NO2S2/c1-5-9(6,7)4-3-8-2/h5H,3-4H2,1-2H3. The Hall–Kier alpha value is 0.260. The van der Waals surface area contributed by atoms with Crippen molar-refractivity contribution in [1.82, 2.24) is 4.72 Å². The number of hydrogen-bond donors (Lipinski definition) is 1. The summed E-state index contributed by atoms with van der Waals surface area (Å²) in [6.07, 6.45) is 1.88. The fraction of sp³-hybridized carbons (Fsp3) is 1.00. The third kappa shape index (κ3) is 4.74. The Balaban J connectivity index is 3.61. The molecule has 3 nitrogen and oxygen atoms in total. The van der Waals surface area contributed by atoms with E-state index < -0.39 is 10.0 Å². The van der Waals surface area contributed by atoms with Crippen molar-refractivity contribution in [3.8, 4) is 0 Å². The Bertz CT molecular complexity index is 152. The van der Waals surface area contributed by atoms with E-state index in [-0.39, 0.29) is 5.75 Å². The largest absolute Gasteiger partial charge is 0.218 e. The van der Waals surface area contributed by atoms with Gasteiger partial charge < -0.3 is 0 Å². The summed E-state index contributed by atoms with van der Waals surface area (Å²) in [7, 11) is -1.53. The van der Waals surface area contributed by atoms with Gasteiger partial charge in [-0.1, -0.05) is 0 Å². The first-order valence-corrected chi connectivity index (χ1v) is 5.57. The molecule has 0 radical (unpaired) electrons. The second-order valence-corrected chi connectivity index (χ2v) is 4.55. The second-order valence-electron chi connectivity index (χ2n) is 1.52. The molecule has 0 saturated heterocycles. The summed E-state index contributed by atoms with van der Waals surface area (Å²) in [6.45, 7) is 0. The highest BCUT2D eigenvalue weighted by Crippen LogP contribution is 1.92. The third-order valence-corrected chi connectivity index (χ3v) is 3.10. The van der Waals surface area contributed by atoms with Crippen LogP contribution in [0, 0.1) is 0 Å². The van der Waals surface area contributed by atoms with Crippen LogP contribution in [-0.4, -0.2) is 33.2 Å². The third-order valence-electron chi connectivity index (χ3n) is 0.867. The van der Waals surface area contributed by atoms with Crippen LogP contribution < -0.4 is 4.72 Å². The zero-order valence-electron chi connectivity index (χ0n) is 5.55. The van der Waals surface area contributed by atoms with E-state index in [0.717, 1.165) is 0 Å². The number of thioether (sulfide) groups is 1. The van der Waals surface area contributed by atoms with E-state index in [1.165, 1.54) is 18.8 Å². The average Bonchev–Trinajstić information content (AvgIpc) is 1.84. The van der Waals surface area contributed by atoms with Crippen LogP contribution in [0.25, 0.3) is 0 Å². The molecule has 0 saturated carbocycles.